The van der Waals surface area contributed by atoms with Gasteiger partial charge in [0.1, 0.15) is 6.04 Å². The Morgan fingerprint density at radius 1 is 1.45 bits per heavy atom. The minimum absolute atomic E-state index is 0.0247. The second-order valence-corrected chi connectivity index (χ2v) is 5.12. The Kier molecular flexibility index (Phi) is 6.41. The summed E-state index contributed by atoms with van der Waals surface area (Å²) in [5.74, 6) is -1.68. The summed E-state index contributed by atoms with van der Waals surface area (Å²) in [6.07, 6.45) is 2.84. The highest BCUT2D eigenvalue weighted by molar-refractivity contribution is 9.10. The van der Waals surface area contributed by atoms with E-state index in [1.54, 1.807) is 6.08 Å². The van der Waals surface area contributed by atoms with Crippen molar-refractivity contribution in [2.45, 2.75) is 19.4 Å². The number of carbonyl (C=O) groups is 2. The fourth-order valence-electron chi connectivity index (χ4n) is 1.54. The van der Waals surface area contributed by atoms with Crippen LogP contribution >= 0.6 is 15.9 Å². The third kappa shape index (κ3) is 5.14. The molecule has 0 unspecified atom stereocenters. The van der Waals surface area contributed by atoms with Gasteiger partial charge in [0.2, 0.25) is 5.91 Å². The number of nitrogens with one attached hydrogen (secondary N) is 1. The molecule has 3 N–H and O–H groups in total. The first-order valence-electron chi connectivity index (χ1n) is 6.02. The number of halogens is 1. The van der Waals surface area contributed by atoms with Crippen LogP contribution < -0.4 is 5.32 Å². The van der Waals surface area contributed by atoms with Crippen LogP contribution in [-0.2, 0) is 9.59 Å². The maximum absolute atomic E-state index is 11.6. The number of hydrogen-bond acceptors (Lipinski definition) is 3. The molecular weight excluding hydrogens is 326 g/mol. The molecule has 0 heterocycles. The standard InChI is InChI=1S/C14H16BrNO4/c1-9-2-3-10(11(15)8-9)4-5-13(18)16-12(6-7-17)14(19)20/h2-5,8,12,17H,6-7H2,1H3,(H,16,18)(H,19,20)/b5-4+/t12-/m0/s1. The Morgan fingerprint density at radius 2 is 2.15 bits per heavy atom. The number of carboxylic acids is 1. The average Bonchev–Trinajstić information content (AvgIpc) is 2.37. The Balaban J connectivity index is 2.69. The zero-order valence-corrected chi connectivity index (χ0v) is 12.6. The zero-order chi connectivity index (χ0) is 15.1. The van der Waals surface area contributed by atoms with Crippen LogP contribution in [0.15, 0.2) is 28.7 Å². The summed E-state index contributed by atoms with van der Waals surface area (Å²) in [5, 5.41) is 19.9. The highest BCUT2D eigenvalue weighted by atomic mass is 79.9. The van der Waals surface area contributed by atoms with Crippen molar-refractivity contribution >= 4 is 33.9 Å². The van der Waals surface area contributed by atoms with Crippen LogP contribution in [0.5, 0.6) is 0 Å². The van der Waals surface area contributed by atoms with Gasteiger partial charge in [-0.15, -0.1) is 0 Å². The third-order valence-electron chi connectivity index (χ3n) is 2.60. The van der Waals surface area contributed by atoms with Crippen LogP contribution in [0.1, 0.15) is 17.5 Å². The number of amides is 1. The number of benzene rings is 1. The molecule has 0 aliphatic heterocycles. The lowest BCUT2D eigenvalue weighted by molar-refractivity contribution is -0.141. The van der Waals surface area contributed by atoms with Crippen molar-refractivity contribution in [1.82, 2.24) is 5.32 Å². The zero-order valence-electron chi connectivity index (χ0n) is 11.0. The normalized spacial score (nSPS) is 12.3. The van der Waals surface area contributed by atoms with Crippen molar-refractivity contribution in [3.63, 3.8) is 0 Å². The van der Waals surface area contributed by atoms with Gasteiger partial charge in [-0.2, -0.15) is 0 Å². The molecule has 20 heavy (non-hydrogen) atoms. The number of aliphatic hydroxyl groups excluding tert-OH is 1. The van der Waals surface area contributed by atoms with E-state index >= 15 is 0 Å². The summed E-state index contributed by atoms with van der Waals surface area (Å²) in [7, 11) is 0. The van der Waals surface area contributed by atoms with Crippen molar-refractivity contribution in [2.24, 2.45) is 0 Å². The Labute approximate surface area is 125 Å². The van der Waals surface area contributed by atoms with E-state index < -0.39 is 17.9 Å². The van der Waals surface area contributed by atoms with Gasteiger partial charge in [-0.3, -0.25) is 4.79 Å². The number of aliphatic hydroxyl groups is 1. The van der Waals surface area contributed by atoms with E-state index in [-0.39, 0.29) is 13.0 Å². The Bertz CT molecular complexity index is 528. The topological polar surface area (TPSA) is 86.6 Å². The monoisotopic (exact) mass is 341 g/mol. The van der Waals surface area contributed by atoms with Crippen LogP contribution in [0.2, 0.25) is 0 Å². The molecule has 6 heteroatoms. The Morgan fingerprint density at radius 3 is 2.70 bits per heavy atom. The highest BCUT2D eigenvalue weighted by Crippen LogP contribution is 2.19. The SMILES string of the molecule is Cc1ccc(/C=C/C(=O)N[C@@H](CCO)C(=O)O)c(Br)c1. The maximum Gasteiger partial charge on any atom is 0.326 e. The van der Waals surface area contributed by atoms with E-state index in [4.69, 9.17) is 10.2 Å². The first kappa shape index (κ1) is 16.4. The molecule has 0 spiro atoms. The molecule has 108 valence electrons. The molecule has 0 aromatic heterocycles. The number of carbonyl (C=O) groups excluding carboxylic acids is 1. The molecule has 0 fully saturated rings. The molecule has 0 saturated carbocycles. The molecule has 1 rings (SSSR count). The summed E-state index contributed by atoms with van der Waals surface area (Å²) < 4.78 is 0.853. The molecule has 0 bridgehead atoms. The highest BCUT2D eigenvalue weighted by Gasteiger charge is 2.17. The average molecular weight is 342 g/mol. The van der Waals surface area contributed by atoms with Gasteiger partial charge in [0.15, 0.2) is 0 Å². The van der Waals surface area contributed by atoms with E-state index in [2.05, 4.69) is 21.2 Å². The number of hydrogen-bond donors (Lipinski definition) is 3. The number of rotatable bonds is 6. The van der Waals surface area contributed by atoms with Crippen molar-refractivity contribution in [1.29, 1.82) is 0 Å². The summed E-state index contributed by atoms with van der Waals surface area (Å²) in [6.45, 7) is 1.65. The predicted octanol–water partition coefficient (Wildman–Crippen LogP) is 1.72. The molecule has 0 saturated heterocycles. The van der Waals surface area contributed by atoms with E-state index in [0.29, 0.717) is 0 Å². The number of carboxylic acid groups (broad SMARTS) is 1. The maximum atomic E-state index is 11.6. The second-order valence-electron chi connectivity index (χ2n) is 4.27. The van der Waals surface area contributed by atoms with E-state index in [1.807, 2.05) is 25.1 Å². The summed E-state index contributed by atoms with van der Waals surface area (Å²) >= 11 is 3.39. The molecule has 5 nitrogen and oxygen atoms in total. The molecule has 0 radical (unpaired) electrons. The van der Waals surface area contributed by atoms with Crippen LogP contribution in [0.25, 0.3) is 6.08 Å². The molecular formula is C14H16BrNO4. The molecule has 0 aliphatic rings. The van der Waals surface area contributed by atoms with E-state index in [0.717, 1.165) is 15.6 Å². The fraction of sp³-hybridized carbons (Fsp3) is 0.286. The van der Waals surface area contributed by atoms with Gasteiger partial charge in [-0.25, -0.2) is 4.79 Å². The van der Waals surface area contributed by atoms with E-state index in [1.165, 1.54) is 6.08 Å². The quantitative estimate of drug-likeness (QED) is 0.687. The lowest BCUT2D eigenvalue weighted by Gasteiger charge is -2.11. The van der Waals surface area contributed by atoms with Gasteiger partial charge in [-0.05, 0) is 30.2 Å². The van der Waals surface area contributed by atoms with Crippen molar-refractivity contribution in [3.8, 4) is 0 Å². The minimum atomic E-state index is -1.17. The third-order valence-corrected chi connectivity index (χ3v) is 3.29. The molecule has 1 atom stereocenters. The lowest BCUT2D eigenvalue weighted by Crippen LogP contribution is -2.40. The van der Waals surface area contributed by atoms with Gasteiger partial charge >= 0.3 is 5.97 Å². The second kappa shape index (κ2) is 7.81. The molecule has 1 aromatic rings. The molecule has 1 amide bonds. The van der Waals surface area contributed by atoms with Gasteiger partial charge in [0.25, 0.3) is 0 Å². The lowest BCUT2D eigenvalue weighted by atomic mass is 10.1. The first-order chi connectivity index (χ1) is 9.43. The predicted molar refractivity (Wildman–Crippen MR) is 79.2 cm³/mol. The van der Waals surface area contributed by atoms with Crippen molar-refractivity contribution in [2.75, 3.05) is 6.61 Å². The van der Waals surface area contributed by atoms with Crippen molar-refractivity contribution in [3.05, 3.63) is 39.9 Å². The summed E-state index contributed by atoms with van der Waals surface area (Å²) in [4.78, 5) is 22.5. The number of aliphatic carboxylic acids is 1. The first-order valence-corrected chi connectivity index (χ1v) is 6.81. The van der Waals surface area contributed by atoms with E-state index in [9.17, 15) is 9.59 Å². The van der Waals surface area contributed by atoms with Crippen LogP contribution in [0.3, 0.4) is 0 Å². The van der Waals surface area contributed by atoms with Gasteiger partial charge in [0.05, 0.1) is 0 Å². The largest absolute Gasteiger partial charge is 0.480 e. The smallest absolute Gasteiger partial charge is 0.326 e. The number of aryl methyl sites for hydroxylation is 1. The van der Waals surface area contributed by atoms with Crippen LogP contribution in [0.4, 0.5) is 0 Å². The Hall–Kier alpha value is -1.66. The molecule has 0 aliphatic carbocycles. The van der Waals surface area contributed by atoms with Gasteiger partial charge in [-0.1, -0.05) is 28.1 Å². The summed E-state index contributed by atoms with van der Waals surface area (Å²) in [6, 6.07) is 4.60. The van der Waals surface area contributed by atoms with Gasteiger partial charge in [0, 0.05) is 23.6 Å². The van der Waals surface area contributed by atoms with Crippen molar-refractivity contribution < 1.29 is 19.8 Å². The molecule has 1 aromatic carbocycles. The van der Waals surface area contributed by atoms with Crippen LogP contribution in [0, 0.1) is 6.92 Å². The summed E-state index contributed by atoms with van der Waals surface area (Å²) in [5.41, 5.74) is 1.91. The fourth-order valence-corrected chi connectivity index (χ4v) is 2.16. The van der Waals surface area contributed by atoms with Crippen LogP contribution in [-0.4, -0.2) is 34.7 Å². The van der Waals surface area contributed by atoms with Gasteiger partial charge < -0.3 is 15.5 Å². The minimum Gasteiger partial charge on any atom is -0.480 e.